The first-order valence-corrected chi connectivity index (χ1v) is 10.6. The fourth-order valence-corrected chi connectivity index (χ4v) is 4.52. The lowest BCUT2D eigenvalue weighted by Gasteiger charge is -2.20. The number of anilines is 2. The minimum atomic E-state index is -0.358. The maximum Gasteiger partial charge on any atom is 0.258 e. The van der Waals surface area contributed by atoms with Gasteiger partial charge in [-0.15, -0.1) is 0 Å². The van der Waals surface area contributed by atoms with E-state index in [1.807, 2.05) is 11.9 Å². The molecule has 4 aromatic rings. The third-order valence-electron chi connectivity index (χ3n) is 5.43. The summed E-state index contributed by atoms with van der Waals surface area (Å²) in [6.07, 6.45) is 3.71. The average molecular weight is 432 g/mol. The van der Waals surface area contributed by atoms with Crippen molar-refractivity contribution in [1.29, 1.82) is 5.26 Å². The van der Waals surface area contributed by atoms with Crippen LogP contribution >= 0.6 is 11.3 Å². The zero-order chi connectivity index (χ0) is 21.7. The van der Waals surface area contributed by atoms with Gasteiger partial charge in [0.25, 0.3) is 5.56 Å². The quantitative estimate of drug-likeness (QED) is 0.494. The molecule has 0 radical (unpaired) electrons. The van der Waals surface area contributed by atoms with Crippen LogP contribution in [-0.2, 0) is 0 Å². The molecule has 1 saturated carbocycles. The number of pyridine rings is 1. The molecule has 2 aromatic heterocycles. The predicted octanol–water partition coefficient (Wildman–Crippen LogP) is 4.94. The Morgan fingerprint density at radius 2 is 1.97 bits per heavy atom. The molecule has 1 aliphatic carbocycles. The highest BCUT2D eigenvalue weighted by molar-refractivity contribution is 7.16. The normalized spacial score (nSPS) is 13.3. The second-order valence-corrected chi connectivity index (χ2v) is 8.52. The summed E-state index contributed by atoms with van der Waals surface area (Å²) in [5.74, 6) is -0.294. The van der Waals surface area contributed by atoms with E-state index in [0.29, 0.717) is 37.7 Å². The fraction of sp³-hybridized carbons (Fsp3) is 0.174. The van der Waals surface area contributed by atoms with E-state index in [0.717, 1.165) is 12.8 Å². The SMILES string of the molecule is CN(c1nc(-c2ccc(F)cc2)c(C#N)s1)c1cn(C2CC2)c(=O)c2ccc(O)cc12. The van der Waals surface area contributed by atoms with Gasteiger partial charge >= 0.3 is 0 Å². The van der Waals surface area contributed by atoms with Gasteiger partial charge in [-0.1, -0.05) is 11.3 Å². The first-order valence-electron chi connectivity index (χ1n) is 9.74. The number of halogens is 1. The Labute approximate surface area is 181 Å². The van der Waals surface area contributed by atoms with Crippen molar-refractivity contribution in [3.8, 4) is 23.1 Å². The molecule has 31 heavy (non-hydrogen) atoms. The molecule has 1 fully saturated rings. The van der Waals surface area contributed by atoms with Crippen LogP contribution in [0.3, 0.4) is 0 Å². The topological polar surface area (TPSA) is 82.2 Å². The molecule has 5 rings (SSSR count). The minimum Gasteiger partial charge on any atom is -0.508 e. The second kappa shape index (κ2) is 7.22. The van der Waals surface area contributed by atoms with E-state index in [1.165, 1.54) is 29.5 Å². The zero-order valence-electron chi connectivity index (χ0n) is 16.5. The third kappa shape index (κ3) is 3.33. The number of aromatic nitrogens is 2. The largest absolute Gasteiger partial charge is 0.508 e. The van der Waals surface area contributed by atoms with Gasteiger partial charge in [0.2, 0.25) is 0 Å². The standard InChI is InChI=1S/C23H17FN4O2S/c1-27(23-26-21(20(11-25)31-23)13-2-4-14(24)5-3-13)19-12-28(15-6-7-15)22(30)17-9-8-16(29)10-18(17)19/h2-5,8-10,12,15,29H,6-7H2,1H3. The number of aromatic hydroxyl groups is 1. The maximum absolute atomic E-state index is 13.3. The van der Waals surface area contributed by atoms with Crippen molar-refractivity contribution in [1.82, 2.24) is 9.55 Å². The van der Waals surface area contributed by atoms with Crippen molar-refractivity contribution >= 4 is 32.9 Å². The van der Waals surface area contributed by atoms with Gasteiger partial charge in [-0.2, -0.15) is 5.26 Å². The van der Waals surface area contributed by atoms with E-state index >= 15 is 0 Å². The number of fused-ring (bicyclic) bond motifs is 1. The van der Waals surface area contributed by atoms with E-state index in [4.69, 9.17) is 0 Å². The number of nitriles is 1. The van der Waals surface area contributed by atoms with Crippen molar-refractivity contribution < 1.29 is 9.50 Å². The third-order valence-corrected chi connectivity index (χ3v) is 6.47. The summed E-state index contributed by atoms with van der Waals surface area (Å²) in [7, 11) is 1.81. The molecule has 0 unspecified atom stereocenters. The highest BCUT2D eigenvalue weighted by Gasteiger charge is 2.27. The van der Waals surface area contributed by atoms with Crippen molar-refractivity contribution in [2.45, 2.75) is 18.9 Å². The van der Waals surface area contributed by atoms with E-state index in [2.05, 4.69) is 11.1 Å². The average Bonchev–Trinajstić information content (AvgIpc) is 3.52. The summed E-state index contributed by atoms with van der Waals surface area (Å²) >= 11 is 1.22. The van der Waals surface area contributed by atoms with Gasteiger partial charge in [0.15, 0.2) is 5.13 Å². The molecule has 0 aliphatic heterocycles. The van der Waals surface area contributed by atoms with E-state index in [9.17, 15) is 19.6 Å². The molecule has 2 aromatic carbocycles. The molecule has 0 atom stereocenters. The van der Waals surface area contributed by atoms with Crippen LogP contribution < -0.4 is 10.5 Å². The molecule has 2 heterocycles. The maximum atomic E-state index is 13.3. The highest BCUT2D eigenvalue weighted by Crippen LogP contribution is 2.40. The lowest BCUT2D eigenvalue weighted by Crippen LogP contribution is -2.22. The van der Waals surface area contributed by atoms with Crippen LogP contribution in [0.1, 0.15) is 23.8 Å². The van der Waals surface area contributed by atoms with Crippen molar-refractivity contribution in [3.05, 3.63) is 69.7 Å². The molecule has 0 spiro atoms. The molecular weight excluding hydrogens is 415 g/mol. The smallest absolute Gasteiger partial charge is 0.258 e. The Morgan fingerprint density at radius 1 is 1.23 bits per heavy atom. The summed E-state index contributed by atoms with van der Waals surface area (Å²) in [5, 5.41) is 21.3. The van der Waals surface area contributed by atoms with Crippen LogP contribution in [0.5, 0.6) is 5.75 Å². The van der Waals surface area contributed by atoms with Crippen molar-refractivity contribution in [2.75, 3.05) is 11.9 Å². The second-order valence-electron chi connectivity index (χ2n) is 7.54. The summed E-state index contributed by atoms with van der Waals surface area (Å²) in [4.78, 5) is 19.8. The Hall–Kier alpha value is -3.70. The molecular formula is C23H17FN4O2S. The number of phenols is 1. The molecule has 0 bridgehead atoms. The number of hydrogen-bond acceptors (Lipinski definition) is 6. The van der Waals surface area contributed by atoms with Crippen molar-refractivity contribution in [3.63, 3.8) is 0 Å². The lowest BCUT2D eigenvalue weighted by molar-refractivity contribution is 0.476. The number of nitrogens with zero attached hydrogens (tertiary/aromatic N) is 4. The van der Waals surface area contributed by atoms with E-state index < -0.39 is 0 Å². The van der Waals surface area contributed by atoms with Gasteiger partial charge in [-0.3, -0.25) is 4.79 Å². The minimum absolute atomic E-state index is 0.0644. The molecule has 0 saturated heterocycles. The van der Waals surface area contributed by atoms with Crippen LogP contribution in [0.4, 0.5) is 15.2 Å². The van der Waals surface area contributed by atoms with Gasteiger partial charge in [-0.05, 0) is 55.3 Å². The van der Waals surface area contributed by atoms with Gasteiger partial charge in [0, 0.05) is 35.6 Å². The number of phenolic OH excluding ortho intramolecular Hbond substituents is 1. The first kappa shape index (κ1) is 19.3. The number of benzene rings is 2. The van der Waals surface area contributed by atoms with E-state index in [-0.39, 0.29) is 23.2 Å². The fourth-order valence-electron chi connectivity index (χ4n) is 3.66. The van der Waals surface area contributed by atoms with Gasteiger partial charge in [0.05, 0.1) is 5.69 Å². The molecule has 6 nitrogen and oxygen atoms in total. The monoisotopic (exact) mass is 432 g/mol. The summed E-state index contributed by atoms with van der Waals surface area (Å²) in [6, 6.07) is 12.9. The molecule has 154 valence electrons. The van der Waals surface area contributed by atoms with Gasteiger partial charge in [0.1, 0.15) is 28.2 Å². The van der Waals surface area contributed by atoms with Crippen LogP contribution in [0.25, 0.3) is 22.0 Å². The van der Waals surface area contributed by atoms with E-state index in [1.54, 1.807) is 35.0 Å². The van der Waals surface area contributed by atoms with Gasteiger partial charge < -0.3 is 14.6 Å². The van der Waals surface area contributed by atoms with Gasteiger partial charge in [-0.25, -0.2) is 9.37 Å². The number of thiazole rings is 1. The summed E-state index contributed by atoms with van der Waals surface area (Å²) in [6.45, 7) is 0. The van der Waals surface area contributed by atoms with Crippen LogP contribution in [0, 0.1) is 17.1 Å². The zero-order valence-corrected chi connectivity index (χ0v) is 17.4. The highest BCUT2D eigenvalue weighted by atomic mass is 32.1. The summed E-state index contributed by atoms with van der Waals surface area (Å²) in [5.41, 5.74) is 1.76. The summed E-state index contributed by atoms with van der Waals surface area (Å²) < 4.78 is 15.1. The molecule has 0 amide bonds. The Morgan fingerprint density at radius 3 is 2.65 bits per heavy atom. The molecule has 1 aliphatic rings. The Kier molecular flexibility index (Phi) is 4.49. The van der Waals surface area contributed by atoms with Crippen LogP contribution in [0.15, 0.2) is 53.5 Å². The molecule has 1 N–H and O–H groups in total. The van der Waals surface area contributed by atoms with Crippen LogP contribution in [-0.4, -0.2) is 21.7 Å². The van der Waals surface area contributed by atoms with Crippen LogP contribution in [0.2, 0.25) is 0 Å². The Bertz CT molecular complexity index is 1410. The first-order chi connectivity index (χ1) is 15.0. The molecule has 8 heteroatoms. The predicted molar refractivity (Wildman–Crippen MR) is 118 cm³/mol. The number of hydrogen-bond donors (Lipinski definition) is 1. The Balaban J connectivity index is 1.67. The van der Waals surface area contributed by atoms with Crippen molar-refractivity contribution in [2.24, 2.45) is 0 Å². The number of rotatable bonds is 4. The lowest BCUT2D eigenvalue weighted by atomic mass is 10.1.